The first-order chi connectivity index (χ1) is 9.91. The molecule has 1 aromatic heterocycles. The van der Waals surface area contributed by atoms with Gasteiger partial charge in [-0.25, -0.2) is 4.39 Å². The van der Waals surface area contributed by atoms with Crippen LogP contribution in [0.2, 0.25) is 5.02 Å². The van der Waals surface area contributed by atoms with Crippen LogP contribution in [0.3, 0.4) is 0 Å². The van der Waals surface area contributed by atoms with Gasteiger partial charge in [-0.1, -0.05) is 17.7 Å². The fraction of sp³-hybridized carbons (Fsp3) is 0.333. The monoisotopic (exact) mass is 309 g/mol. The summed E-state index contributed by atoms with van der Waals surface area (Å²) in [5.74, 6) is -1.12. The lowest BCUT2D eigenvalue weighted by atomic mass is 10.1. The number of carbonyl (C=O) groups excluding carboxylic acids is 1. The molecule has 0 unspecified atom stereocenters. The van der Waals surface area contributed by atoms with Gasteiger partial charge in [-0.15, -0.1) is 0 Å². The molecular formula is C15H17ClFN3O. The third kappa shape index (κ3) is 3.24. The topological polar surface area (TPSA) is 46.9 Å². The molecule has 112 valence electrons. The number of hydrogen-bond acceptors (Lipinski definition) is 2. The van der Waals surface area contributed by atoms with E-state index >= 15 is 0 Å². The molecule has 1 heterocycles. The number of nitrogens with zero attached hydrogens (tertiary/aromatic N) is 2. The molecule has 0 radical (unpaired) electrons. The highest BCUT2D eigenvalue weighted by molar-refractivity contribution is 6.33. The van der Waals surface area contributed by atoms with Crippen LogP contribution in [0.25, 0.3) is 0 Å². The first-order valence-corrected chi connectivity index (χ1v) is 7.01. The Labute approximate surface area is 127 Å². The van der Waals surface area contributed by atoms with Crippen LogP contribution >= 0.6 is 11.6 Å². The average molecular weight is 310 g/mol. The van der Waals surface area contributed by atoms with Gasteiger partial charge in [0.2, 0.25) is 0 Å². The van der Waals surface area contributed by atoms with Crippen LogP contribution in [0.1, 0.15) is 27.3 Å². The number of amides is 1. The molecule has 1 N–H and O–H groups in total. The molecular weight excluding hydrogens is 293 g/mol. The Kier molecular flexibility index (Phi) is 4.63. The Bertz CT molecular complexity index is 662. The van der Waals surface area contributed by atoms with Crippen LogP contribution in [-0.2, 0) is 13.5 Å². The van der Waals surface area contributed by atoms with E-state index in [0.717, 1.165) is 17.0 Å². The lowest BCUT2D eigenvalue weighted by Gasteiger charge is -2.08. The maximum atomic E-state index is 13.6. The van der Waals surface area contributed by atoms with Crippen LogP contribution in [0.4, 0.5) is 4.39 Å². The SMILES string of the molecule is Cc1nn(C)c(C)c1CCNC(=O)c1c(F)cccc1Cl. The second-order valence-electron chi connectivity index (χ2n) is 4.88. The molecule has 0 bridgehead atoms. The number of halogens is 2. The average Bonchev–Trinajstić information content (AvgIpc) is 2.65. The predicted molar refractivity (Wildman–Crippen MR) is 80.1 cm³/mol. The zero-order valence-corrected chi connectivity index (χ0v) is 13.0. The maximum absolute atomic E-state index is 13.6. The molecule has 1 amide bonds. The van der Waals surface area contributed by atoms with E-state index in [0.29, 0.717) is 13.0 Å². The molecule has 0 aliphatic heterocycles. The van der Waals surface area contributed by atoms with Crippen LogP contribution in [0, 0.1) is 19.7 Å². The summed E-state index contributed by atoms with van der Waals surface area (Å²) < 4.78 is 15.4. The van der Waals surface area contributed by atoms with Gasteiger partial charge in [-0.2, -0.15) is 5.10 Å². The third-order valence-corrected chi connectivity index (χ3v) is 3.82. The third-order valence-electron chi connectivity index (χ3n) is 3.51. The van der Waals surface area contributed by atoms with Crippen LogP contribution < -0.4 is 5.32 Å². The minimum Gasteiger partial charge on any atom is -0.352 e. The Hall–Kier alpha value is -1.88. The summed E-state index contributed by atoms with van der Waals surface area (Å²) in [6.45, 7) is 4.31. The van der Waals surface area contributed by atoms with E-state index in [2.05, 4.69) is 10.4 Å². The zero-order chi connectivity index (χ0) is 15.6. The molecule has 1 aromatic carbocycles. The number of aromatic nitrogens is 2. The van der Waals surface area contributed by atoms with E-state index in [1.807, 2.05) is 20.9 Å². The summed E-state index contributed by atoms with van der Waals surface area (Å²) in [6, 6.07) is 4.18. The standard InChI is InChI=1S/C15H17ClFN3O/c1-9-11(10(2)20(3)19-9)7-8-18-15(21)14-12(16)5-4-6-13(14)17/h4-6H,7-8H2,1-3H3,(H,18,21). The molecule has 0 saturated carbocycles. The Morgan fingerprint density at radius 2 is 2.14 bits per heavy atom. The molecule has 21 heavy (non-hydrogen) atoms. The highest BCUT2D eigenvalue weighted by atomic mass is 35.5. The summed E-state index contributed by atoms with van der Waals surface area (Å²) in [5.41, 5.74) is 2.98. The van der Waals surface area contributed by atoms with E-state index in [1.54, 1.807) is 4.68 Å². The Morgan fingerprint density at radius 1 is 1.43 bits per heavy atom. The highest BCUT2D eigenvalue weighted by Gasteiger charge is 2.16. The first-order valence-electron chi connectivity index (χ1n) is 6.63. The summed E-state index contributed by atoms with van der Waals surface area (Å²) in [4.78, 5) is 12.0. The molecule has 0 aliphatic rings. The highest BCUT2D eigenvalue weighted by Crippen LogP contribution is 2.18. The van der Waals surface area contributed by atoms with Crippen molar-refractivity contribution >= 4 is 17.5 Å². The van der Waals surface area contributed by atoms with Gasteiger partial charge >= 0.3 is 0 Å². The Balaban J connectivity index is 2.02. The van der Waals surface area contributed by atoms with Crippen molar-refractivity contribution in [3.05, 3.63) is 51.6 Å². The van der Waals surface area contributed by atoms with Gasteiger partial charge in [0.1, 0.15) is 5.82 Å². The van der Waals surface area contributed by atoms with Gasteiger partial charge in [0.15, 0.2) is 0 Å². The molecule has 0 fully saturated rings. The molecule has 0 aliphatic carbocycles. The summed E-state index contributed by atoms with van der Waals surface area (Å²) >= 11 is 5.86. The van der Waals surface area contributed by atoms with Crippen molar-refractivity contribution in [2.24, 2.45) is 7.05 Å². The van der Waals surface area contributed by atoms with E-state index in [9.17, 15) is 9.18 Å². The van der Waals surface area contributed by atoms with Crippen LogP contribution in [0.5, 0.6) is 0 Å². The summed E-state index contributed by atoms with van der Waals surface area (Å²) in [7, 11) is 1.88. The number of aryl methyl sites for hydroxylation is 2. The van der Waals surface area contributed by atoms with Crippen molar-refractivity contribution < 1.29 is 9.18 Å². The van der Waals surface area contributed by atoms with Gasteiger partial charge in [0, 0.05) is 19.3 Å². The second kappa shape index (κ2) is 6.26. The van der Waals surface area contributed by atoms with Gasteiger partial charge < -0.3 is 5.32 Å². The van der Waals surface area contributed by atoms with Crippen molar-refractivity contribution in [2.75, 3.05) is 6.54 Å². The minimum absolute atomic E-state index is 0.112. The second-order valence-corrected chi connectivity index (χ2v) is 5.28. The maximum Gasteiger partial charge on any atom is 0.255 e. The van der Waals surface area contributed by atoms with Gasteiger partial charge in [0.05, 0.1) is 16.3 Å². The number of benzene rings is 1. The van der Waals surface area contributed by atoms with Gasteiger partial charge in [-0.05, 0) is 38.0 Å². The van der Waals surface area contributed by atoms with Crippen molar-refractivity contribution in [1.29, 1.82) is 0 Å². The lowest BCUT2D eigenvalue weighted by molar-refractivity contribution is 0.0950. The van der Waals surface area contributed by atoms with Crippen molar-refractivity contribution in [3.63, 3.8) is 0 Å². The zero-order valence-electron chi connectivity index (χ0n) is 12.2. The normalized spacial score (nSPS) is 10.7. The number of hydrogen-bond donors (Lipinski definition) is 1. The van der Waals surface area contributed by atoms with E-state index < -0.39 is 11.7 Å². The van der Waals surface area contributed by atoms with Gasteiger partial charge in [0.25, 0.3) is 5.91 Å². The van der Waals surface area contributed by atoms with Crippen LogP contribution in [-0.4, -0.2) is 22.2 Å². The minimum atomic E-state index is -0.617. The quantitative estimate of drug-likeness (QED) is 0.944. The lowest BCUT2D eigenvalue weighted by Crippen LogP contribution is -2.27. The predicted octanol–water partition coefficient (Wildman–Crippen LogP) is 2.80. The fourth-order valence-corrected chi connectivity index (χ4v) is 2.53. The molecule has 2 aromatic rings. The van der Waals surface area contributed by atoms with Crippen LogP contribution in [0.15, 0.2) is 18.2 Å². The molecule has 0 saturated heterocycles. The molecule has 0 atom stereocenters. The number of nitrogens with one attached hydrogen (secondary N) is 1. The van der Waals surface area contributed by atoms with Crippen molar-refractivity contribution in [2.45, 2.75) is 20.3 Å². The molecule has 2 rings (SSSR count). The molecule has 0 spiro atoms. The number of rotatable bonds is 4. The van der Waals surface area contributed by atoms with E-state index in [1.165, 1.54) is 18.2 Å². The Morgan fingerprint density at radius 3 is 2.71 bits per heavy atom. The first kappa shape index (κ1) is 15.5. The smallest absolute Gasteiger partial charge is 0.255 e. The fourth-order valence-electron chi connectivity index (χ4n) is 2.28. The summed E-state index contributed by atoms with van der Waals surface area (Å²) in [6.07, 6.45) is 0.642. The largest absolute Gasteiger partial charge is 0.352 e. The molecule has 6 heteroatoms. The van der Waals surface area contributed by atoms with Gasteiger partial charge in [-0.3, -0.25) is 9.48 Å². The van der Waals surface area contributed by atoms with E-state index in [-0.39, 0.29) is 10.6 Å². The molecule has 4 nitrogen and oxygen atoms in total. The number of carbonyl (C=O) groups is 1. The summed E-state index contributed by atoms with van der Waals surface area (Å²) in [5, 5.41) is 7.12. The van der Waals surface area contributed by atoms with E-state index in [4.69, 9.17) is 11.6 Å². The van der Waals surface area contributed by atoms with Crippen molar-refractivity contribution in [3.8, 4) is 0 Å². The van der Waals surface area contributed by atoms with Crippen molar-refractivity contribution in [1.82, 2.24) is 15.1 Å².